The minimum absolute atomic E-state index is 0.0693. The third-order valence-corrected chi connectivity index (χ3v) is 10.1. The summed E-state index contributed by atoms with van der Waals surface area (Å²) in [5.41, 5.74) is -1.30. The normalized spacial score (nSPS) is 17.9. The predicted octanol–water partition coefficient (Wildman–Crippen LogP) is 4.81. The molecular weight excluding hydrogens is 569 g/mol. The second-order valence-electron chi connectivity index (χ2n) is 8.73. The van der Waals surface area contributed by atoms with Crippen LogP contribution in [0.1, 0.15) is 46.6 Å². The smallest absolute Gasteiger partial charge is 0.251 e. The van der Waals surface area contributed by atoms with Gasteiger partial charge in [0.2, 0.25) is 0 Å². The van der Waals surface area contributed by atoms with Gasteiger partial charge in [0.25, 0.3) is 0 Å². The SMILES string of the molecule is CC(C)(C[C@@](C)(C[S@](=O)(=NCC(F)(F)F)C(C)(C)C#N)c1cc(I)ccc1F)S(N)=O. The van der Waals surface area contributed by atoms with E-state index < -0.39 is 59.9 Å². The van der Waals surface area contributed by atoms with Gasteiger partial charge in [-0.15, -0.1) is 0 Å². The fraction of sp³-hybridized carbons (Fsp3) is 0.632. The summed E-state index contributed by atoms with van der Waals surface area (Å²) in [7, 11) is -5.72. The molecule has 31 heavy (non-hydrogen) atoms. The molecule has 0 aromatic heterocycles. The molecule has 1 aromatic rings. The molecule has 5 nitrogen and oxygen atoms in total. The van der Waals surface area contributed by atoms with Crippen molar-refractivity contribution in [1.29, 1.82) is 5.26 Å². The van der Waals surface area contributed by atoms with E-state index in [1.165, 1.54) is 39.0 Å². The Labute approximate surface area is 197 Å². The summed E-state index contributed by atoms with van der Waals surface area (Å²) in [5.74, 6) is -1.21. The first kappa shape index (κ1) is 28.3. The molecule has 0 fully saturated rings. The van der Waals surface area contributed by atoms with Crippen LogP contribution in [0.25, 0.3) is 0 Å². The summed E-state index contributed by atoms with van der Waals surface area (Å²) in [6, 6.07) is 5.99. The van der Waals surface area contributed by atoms with Crippen LogP contribution in [0, 0.1) is 20.7 Å². The molecule has 176 valence electrons. The van der Waals surface area contributed by atoms with E-state index in [0.29, 0.717) is 3.57 Å². The minimum Gasteiger partial charge on any atom is -0.251 e. The number of nitriles is 1. The van der Waals surface area contributed by atoms with Crippen molar-refractivity contribution in [2.24, 2.45) is 9.50 Å². The molecule has 0 aliphatic heterocycles. The number of benzene rings is 1. The molecule has 3 atom stereocenters. The van der Waals surface area contributed by atoms with Gasteiger partial charge in [-0.2, -0.15) is 18.4 Å². The van der Waals surface area contributed by atoms with E-state index >= 15 is 0 Å². The van der Waals surface area contributed by atoms with Gasteiger partial charge in [0.05, 0.1) is 31.5 Å². The quantitative estimate of drug-likeness (QED) is 0.345. The molecule has 0 saturated heterocycles. The van der Waals surface area contributed by atoms with E-state index in [0.717, 1.165) is 0 Å². The van der Waals surface area contributed by atoms with Crippen molar-refractivity contribution in [3.8, 4) is 6.07 Å². The lowest BCUT2D eigenvalue weighted by atomic mass is 9.77. The zero-order chi connectivity index (χ0) is 24.5. The first-order valence-electron chi connectivity index (χ1n) is 9.09. The van der Waals surface area contributed by atoms with Crippen LogP contribution in [-0.4, -0.2) is 36.4 Å². The zero-order valence-electron chi connectivity index (χ0n) is 17.8. The summed E-state index contributed by atoms with van der Waals surface area (Å²) in [5, 5.41) is 15.1. The Hall–Kier alpha value is -0.780. The highest BCUT2D eigenvalue weighted by atomic mass is 127. The summed E-state index contributed by atoms with van der Waals surface area (Å²) in [6.45, 7) is 5.44. The summed E-state index contributed by atoms with van der Waals surface area (Å²) >= 11 is 1.95. The van der Waals surface area contributed by atoms with Crippen LogP contribution in [0.5, 0.6) is 0 Å². The molecule has 0 amide bonds. The molecule has 0 aliphatic carbocycles. The summed E-state index contributed by atoms with van der Waals surface area (Å²) in [4.78, 5) is 0. The van der Waals surface area contributed by atoms with E-state index in [4.69, 9.17) is 5.14 Å². The number of halogens is 5. The van der Waals surface area contributed by atoms with Crippen LogP contribution >= 0.6 is 22.6 Å². The number of hydrogen-bond donors (Lipinski definition) is 1. The predicted molar refractivity (Wildman–Crippen MR) is 124 cm³/mol. The lowest BCUT2D eigenvalue weighted by Crippen LogP contribution is -2.47. The largest absolute Gasteiger partial charge is 0.408 e. The van der Waals surface area contributed by atoms with Gasteiger partial charge in [-0.05, 0) is 80.5 Å². The Balaban J connectivity index is 3.82. The molecule has 12 heteroatoms. The second kappa shape index (κ2) is 9.61. The van der Waals surface area contributed by atoms with Crippen molar-refractivity contribution < 1.29 is 26.0 Å². The van der Waals surface area contributed by atoms with Crippen LogP contribution in [0.4, 0.5) is 17.6 Å². The number of rotatable bonds is 8. The minimum atomic E-state index is -4.73. The van der Waals surface area contributed by atoms with Gasteiger partial charge >= 0.3 is 6.18 Å². The molecule has 0 saturated carbocycles. The number of alkyl halides is 3. The average Bonchev–Trinajstić information content (AvgIpc) is 2.60. The molecule has 0 spiro atoms. The van der Waals surface area contributed by atoms with Gasteiger partial charge in [-0.1, -0.05) is 6.92 Å². The lowest BCUT2D eigenvalue weighted by molar-refractivity contribution is -0.117. The molecule has 2 N–H and O–H groups in total. The maximum Gasteiger partial charge on any atom is 0.408 e. The van der Waals surface area contributed by atoms with Crippen LogP contribution in [0.2, 0.25) is 0 Å². The molecule has 1 rings (SSSR count). The second-order valence-corrected chi connectivity index (χ2v) is 14.5. The highest BCUT2D eigenvalue weighted by Crippen LogP contribution is 2.40. The Kier molecular flexibility index (Phi) is 8.75. The summed E-state index contributed by atoms with van der Waals surface area (Å²) < 4.78 is 80.8. The van der Waals surface area contributed by atoms with E-state index in [1.807, 2.05) is 22.6 Å². The standard InChI is InChI=1S/C19H26F4IN3O2S2/c1-16(2,30(26)28)9-18(5,14-8-13(24)6-7-15(14)20)12-31(29,17(3,4)10-25)27-11-19(21,22)23/h6-8H,9,11-12,26H2,1-5H3/t18-,30?,31+/m0/s1. The fourth-order valence-corrected chi connectivity index (χ4v) is 6.61. The topological polar surface area (TPSA) is 96.3 Å². The molecule has 0 heterocycles. The van der Waals surface area contributed by atoms with Gasteiger partial charge in [0.1, 0.15) is 17.1 Å². The van der Waals surface area contributed by atoms with Crippen molar-refractivity contribution in [1.82, 2.24) is 0 Å². The molecule has 0 bridgehead atoms. The van der Waals surface area contributed by atoms with Crippen LogP contribution in [0.3, 0.4) is 0 Å². The van der Waals surface area contributed by atoms with Gasteiger partial charge in [-0.25, -0.2) is 17.2 Å². The van der Waals surface area contributed by atoms with Crippen LogP contribution in [0.15, 0.2) is 22.6 Å². The average molecular weight is 595 g/mol. The maximum absolute atomic E-state index is 14.9. The van der Waals surface area contributed by atoms with E-state index in [9.17, 15) is 31.2 Å². The van der Waals surface area contributed by atoms with Crippen molar-refractivity contribution in [2.75, 3.05) is 12.3 Å². The molecule has 0 radical (unpaired) electrons. The zero-order valence-corrected chi connectivity index (χ0v) is 21.6. The Morgan fingerprint density at radius 1 is 1.23 bits per heavy atom. The third kappa shape index (κ3) is 7.10. The van der Waals surface area contributed by atoms with Gasteiger partial charge in [0, 0.05) is 14.7 Å². The molecule has 1 unspecified atom stereocenters. The third-order valence-electron chi connectivity index (χ3n) is 4.97. The molecular formula is C19H26F4IN3O2S2. The number of nitrogens with two attached hydrogens (primary N) is 1. The van der Waals surface area contributed by atoms with E-state index in [1.54, 1.807) is 19.9 Å². The number of hydrogen-bond acceptors (Lipinski definition) is 4. The Morgan fingerprint density at radius 3 is 2.23 bits per heavy atom. The first-order chi connectivity index (χ1) is 13.8. The van der Waals surface area contributed by atoms with Gasteiger partial charge in [0.15, 0.2) is 0 Å². The number of nitrogens with zero attached hydrogens (tertiary/aromatic N) is 2. The monoisotopic (exact) mass is 595 g/mol. The van der Waals surface area contributed by atoms with Crippen molar-refractivity contribution in [2.45, 2.75) is 62.1 Å². The lowest BCUT2D eigenvalue weighted by Gasteiger charge is -2.39. The Bertz CT molecular complexity index is 1010. The van der Waals surface area contributed by atoms with Crippen LogP contribution in [-0.2, 0) is 26.1 Å². The first-order valence-corrected chi connectivity index (χ1v) is 13.1. The van der Waals surface area contributed by atoms with Gasteiger partial charge in [-0.3, -0.25) is 5.14 Å². The van der Waals surface area contributed by atoms with Crippen molar-refractivity contribution >= 4 is 43.3 Å². The Morgan fingerprint density at radius 2 is 1.77 bits per heavy atom. The maximum atomic E-state index is 14.9. The van der Waals surface area contributed by atoms with E-state index in [-0.39, 0.29) is 12.0 Å². The van der Waals surface area contributed by atoms with Crippen LogP contribution < -0.4 is 5.14 Å². The van der Waals surface area contributed by atoms with Gasteiger partial charge < -0.3 is 0 Å². The summed E-state index contributed by atoms with van der Waals surface area (Å²) in [6.07, 6.45) is -4.80. The highest BCUT2D eigenvalue weighted by Gasteiger charge is 2.45. The highest BCUT2D eigenvalue weighted by molar-refractivity contribution is 14.1. The molecule has 1 aromatic carbocycles. The van der Waals surface area contributed by atoms with E-state index in [2.05, 4.69) is 4.36 Å². The molecule has 0 aliphatic rings. The van der Waals surface area contributed by atoms with Crippen molar-refractivity contribution in [3.05, 3.63) is 33.1 Å². The van der Waals surface area contributed by atoms with Crippen molar-refractivity contribution in [3.63, 3.8) is 0 Å². The fourth-order valence-electron chi connectivity index (χ4n) is 3.26.